The zero-order chi connectivity index (χ0) is 20.9. The number of likely N-dealkylation sites (tertiary alicyclic amines) is 1. The van der Waals surface area contributed by atoms with Crippen molar-refractivity contribution in [3.05, 3.63) is 71.8 Å². The van der Waals surface area contributed by atoms with E-state index in [0.29, 0.717) is 0 Å². The Morgan fingerprint density at radius 3 is 2.21 bits per heavy atom. The quantitative estimate of drug-likeness (QED) is 0.694. The zero-order valence-electron chi connectivity index (χ0n) is 15.6. The Morgan fingerprint density at radius 2 is 1.62 bits per heavy atom. The fourth-order valence-electron chi connectivity index (χ4n) is 3.17. The van der Waals surface area contributed by atoms with E-state index in [4.69, 9.17) is 4.74 Å². The first kappa shape index (κ1) is 20.8. The van der Waals surface area contributed by atoms with E-state index in [1.54, 1.807) is 24.3 Å². The van der Waals surface area contributed by atoms with Gasteiger partial charge in [0.1, 0.15) is 17.9 Å². The Balaban J connectivity index is 1.67. The second-order valence-electron chi connectivity index (χ2n) is 6.78. The number of ether oxygens (including phenoxy) is 1. The third kappa shape index (κ3) is 5.55. The van der Waals surface area contributed by atoms with Gasteiger partial charge in [-0.3, -0.25) is 14.2 Å². The predicted molar refractivity (Wildman–Crippen MR) is 105 cm³/mol. The maximum atomic E-state index is 12.6. The molecule has 1 heterocycles. The maximum Gasteiger partial charge on any atom is 0.410 e. The number of nitrogens with zero attached hydrogens (tertiary/aromatic N) is 1. The van der Waals surface area contributed by atoms with Crippen molar-refractivity contribution in [3.8, 4) is 0 Å². The average molecular weight is 418 g/mol. The summed E-state index contributed by atoms with van der Waals surface area (Å²) in [6, 6.07) is 17.1. The number of amides is 2. The van der Waals surface area contributed by atoms with Gasteiger partial charge in [0.15, 0.2) is 0 Å². The maximum absolute atomic E-state index is 12.6. The topological polar surface area (TPSA) is 113 Å². The van der Waals surface area contributed by atoms with E-state index in [1.165, 1.54) is 0 Å². The molecule has 0 unspecified atom stereocenters. The Bertz CT molecular complexity index is 886. The first-order chi connectivity index (χ1) is 13.8. The Kier molecular flexibility index (Phi) is 6.50. The number of hydrogen-bond donors (Lipinski definition) is 2. The molecule has 0 bridgehead atoms. The molecule has 9 heteroatoms. The van der Waals surface area contributed by atoms with E-state index >= 15 is 0 Å². The van der Waals surface area contributed by atoms with Gasteiger partial charge in [-0.15, -0.1) is 0 Å². The number of hydrogen-bond acceptors (Lipinski definition) is 5. The van der Waals surface area contributed by atoms with Crippen LogP contribution in [-0.2, 0) is 32.8 Å². The molecule has 0 spiro atoms. The highest BCUT2D eigenvalue weighted by Crippen LogP contribution is 2.24. The van der Waals surface area contributed by atoms with Crippen molar-refractivity contribution >= 4 is 22.1 Å². The summed E-state index contributed by atoms with van der Waals surface area (Å²) in [6.45, 7) is -0.0828. The molecule has 2 N–H and O–H groups in total. The van der Waals surface area contributed by atoms with E-state index in [1.807, 2.05) is 36.4 Å². The highest BCUT2D eigenvalue weighted by Gasteiger charge is 2.45. The molecule has 2 amide bonds. The monoisotopic (exact) mass is 418 g/mol. The van der Waals surface area contributed by atoms with E-state index in [-0.39, 0.29) is 26.1 Å². The molecular formula is C20H22N2O6S. The van der Waals surface area contributed by atoms with Gasteiger partial charge < -0.3 is 10.1 Å². The molecule has 1 aliphatic rings. The van der Waals surface area contributed by atoms with Crippen LogP contribution < -0.4 is 5.32 Å². The molecule has 1 aliphatic heterocycles. The lowest BCUT2D eigenvalue weighted by atomic mass is 10.2. The van der Waals surface area contributed by atoms with Gasteiger partial charge in [0.05, 0.1) is 0 Å². The first-order valence-corrected chi connectivity index (χ1v) is 10.6. The SMILES string of the molecule is O=C(NCc1ccccc1)[C@@H]1C[C@@H](S(=O)(=O)O)CN1C(=O)OCc1ccccc1. The molecule has 1 saturated heterocycles. The normalized spacial score (nSPS) is 19.0. The van der Waals surface area contributed by atoms with Gasteiger partial charge in [0.2, 0.25) is 5.91 Å². The number of carbonyl (C=O) groups is 2. The van der Waals surface area contributed by atoms with Crippen molar-refractivity contribution in [2.24, 2.45) is 0 Å². The number of nitrogens with one attached hydrogen (secondary N) is 1. The lowest BCUT2D eigenvalue weighted by molar-refractivity contribution is -0.125. The van der Waals surface area contributed by atoms with Crippen LogP contribution in [0.4, 0.5) is 4.79 Å². The summed E-state index contributed by atoms with van der Waals surface area (Å²) in [5.74, 6) is -0.503. The third-order valence-electron chi connectivity index (χ3n) is 4.74. The van der Waals surface area contributed by atoms with Crippen LogP contribution in [-0.4, -0.2) is 47.7 Å². The summed E-state index contributed by atoms with van der Waals surface area (Å²) in [7, 11) is -4.40. The van der Waals surface area contributed by atoms with Crippen LogP contribution in [0.2, 0.25) is 0 Å². The van der Waals surface area contributed by atoms with Gasteiger partial charge in [-0.25, -0.2) is 4.79 Å². The second kappa shape index (κ2) is 9.06. The highest BCUT2D eigenvalue weighted by molar-refractivity contribution is 7.86. The smallest absolute Gasteiger partial charge is 0.410 e. The lowest BCUT2D eigenvalue weighted by Gasteiger charge is -2.23. The molecule has 2 atom stereocenters. The largest absolute Gasteiger partial charge is 0.445 e. The molecule has 2 aromatic rings. The van der Waals surface area contributed by atoms with Crippen molar-refractivity contribution in [2.45, 2.75) is 30.9 Å². The van der Waals surface area contributed by atoms with Crippen molar-refractivity contribution in [2.75, 3.05) is 6.54 Å². The van der Waals surface area contributed by atoms with Crippen molar-refractivity contribution in [1.82, 2.24) is 10.2 Å². The van der Waals surface area contributed by atoms with Crippen molar-refractivity contribution < 1.29 is 27.3 Å². The lowest BCUT2D eigenvalue weighted by Crippen LogP contribution is -2.45. The minimum absolute atomic E-state index is 0.00886. The van der Waals surface area contributed by atoms with Gasteiger partial charge in [0, 0.05) is 13.1 Å². The molecule has 0 aliphatic carbocycles. The standard InChI is InChI=1S/C20H22N2O6S/c23-19(21-12-15-7-3-1-4-8-15)18-11-17(29(25,26)27)13-22(18)20(24)28-14-16-9-5-2-6-10-16/h1-10,17-18H,11-14H2,(H,21,23)(H,25,26,27)/t17-,18+/m1/s1. The fourth-order valence-corrected chi connectivity index (χ4v) is 3.94. The van der Waals surface area contributed by atoms with Gasteiger partial charge in [0.25, 0.3) is 10.1 Å². The highest BCUT2D eigenvalue weighted by atomic mass is 32.2. The van der Waals surface area contributed by atoms with Crippen LogP contribution in [0.15, 0.2) is 60.7 Å². The van der Waals surface area contributed by atoms with Crippen LogP contribution in [0.25, 0.3) is 0 Å². The Morgan fingerprint density at radius 1 is 1.03 bits per heavy atom. The summed E-state index contributed by atoms with van der Waals surface area (Å²) in [5.41, 5.74) is 1.62. The summed E-state index contributed by atoms with van der Waals surface area (Å²) in [4.78, 5) is 26.2. The molecule has 3 rings (SSSR count). The molecular weight excluding hydrogens is 396 g/mol. The summed E-state index contributed by atoms with van der Waals surface area (Å²) >= 11 is 0. The molecule has 29 heavy (non-hydrogen) atoms. The first-order valence-electron chi connectivity index (χ1n) is 9.10. The second-order valence-corrected chi connectivity index (χ2v) is 8.48. The molecule has 154 valence electrons. The van der Waals surface area contributed by atoms with E-state index < -0.39 is 33.4 Å². The van der Waals surface area contributed by atoms with E-state index in [0.717, 1.165) is 16.0 Å². The number of carbonyl (C=O) groups excluding carboxylic acids is 2. The molecule has 1 fully saturated rings. The van der Waals surface area contributed by atoms with Crippen molar-refractivity contribution in [3.63, 3.8) is 0 Å². The van der Waals surface area contributed by atoms with Crippen molar-refractivity contribution in [1.29, 1.82) is 0 Å². The van der Waals surface area contributed by atoms with Gasteiger partial charge in [-0.1, -0.05) is 60.7 Å². The Labute approximate surface area is 169 Å². The van der Waals surface area contributed by atoms with Crippen LogP contribution >= 0.6 is 0 Å². The summed E-state index contributed by atoms with van der Waals surface area (Å²) in [6.07, 6.45) is -1.00. The van der Waals surface area contributed by atoms with Crippen LogP contribution in [0, 0.1) is 0 Å². The van der Waals surface area contributed by atoms with Crippen LogP contribution in [0.3, 0.4) is 0 Å². The van der Waals surface area contributed by atoms with Crippen LogP contribution in [0.5, 0.6) is 0 Å². The van der Waals surface area contributed by atoms with Gasteiger partial charge >= 0.3 is 6.09 Å². The molecule has 2 aromatic carbocycles. The van der Waals surface area contributed by atoms with Gasteiger partial charge in [-0.05, 0) is 17.5 Å². The predicted octanol–water partition coefficient (Wildman–Crippen LogP) is 1.97. The fraction of sp³-hybridized carbons (Fsp3) is 0.300. The number of rotatable bonds is 6. The van der Waals surface area contributed by atoms with Crippen LogP contribution in [0.1, 0.15) is 17.5 Å². The molecule has 0 radical (unpaired) electrons. The minimum Gasteiger partial charge on any atom is -0.445 e. The zero-order valence-corrected chi connectivity index (χ0v) is 16.4. The number of benzene rings is 2. The summed E-state index contributed by atoms with van der Waals surface area (Å²) < 4.78 is 37.8. The van der Waals surface area contributed by atoms with E-state index in [2.05, 4.69) is 5.32 Å². The van der Waals surface area contributed by atoms with E-state index in [9.17, 15) is 22.6 Å². The van der Waals surface area contributed by atoms with Gasteiger partial charge in [-0.2, -0.15) is 8.42 Å². The minimum atomic E-state index is -4.40. The molecule has 8 nitrogen and oxygen atoms in total. The Hall–Kier alpha value is -2.91. The molecule has 0 saturated carbocycles. The average Bonchev–Trinajstić information content (AvgIpc) is 3.18. The summed E-state index contributed by atoms with van der Waals surface area (Å²) in [5, 5.41) is 1.47. The third-order valence-corrected chi connectivity index (χ3v) is 5.92. The molecule has 0 aromatic heterocycles.